The molecule has 0 spiro atoms. The summed E-state index contributed by atoms with van der Waals surface area (Å²) in [6, 6.07) is 11.7. The summed E-state index contributed by atoms with van der Waals surface area (Å²) in [7, 11) is 0. The van der Waals surface area contributed by atoms with Crippen LogP contribution in [0.2, 0.25) is 0 Å². The van der Waals surface area contributed by atoms with Gasteiger partial charge in [-0.1, -0.05) is 45.9 Å². The van der Waals surface area contributed by atoms with Gasteiger partial charge in [0.05, 0.1) is 4.21 Å². The number of amides is 1. The van der Waals surface area contributed by atoms with E-state index in [4.69, 9.17) is 0 Å². The predicted molar refractivity (Wildman–Crippen MR) is 139 cm³/mol. The quantitative estimate of drug-likeness (QED) is 0.454. The summed E-state index contributed by atoms with van der Waals surface area (Å²) < 4.78 is 1.21. The largest absolute Gasteiger partial charge is 0.362 e. The van der Waals surface area contributed by atoms with Crippen molar-refractivity contribution in [2.45, 2.75) is 64.0 Å². The van der Waals surface area contributed by atoms with Crippen molar-refractivity contribution in [3.63, 3.8) is 0 Å². The Hall–Kier alpha value is -2.31. The van der Waals surface area contributed by atoms with Gasteiger partial charge in [0, 0.05) is 45.4 Å². The van der Waals surface area contributed by atoms with Crippen molar-refractivity contribution in [3.8, 4) is 0 Å². The molecule has 0 saturated carbocycles. The number of hydrogen-bond donors (Lipinski definition) is 2. The molecule has 1 amide bonds. The number of thiophene rings is 1. The van der Waals surface area contributed by atoms with Crippen molar-refractivity contribution in [1.29, 1.82) is 0 Å². The van der Waals surface area contributed by atoms with Gasteiger partial charge in [-0.15, -0.1) is 23.1 Å². The van der Waals surface area contributed by atoms with E-state index in [0.717, 1.165) is 46.8 Å². The van der Waals surface area contributed by atoms with Crippen molar-refractivity contribution >= 4 is 40.5 Å². The zero-order chi connectivity index (χ0) is 23.8. The maximum Gasteiger partial charge on any atom is 0.254 e. The van der Waals surface area contributed by atoms with Gasteiger partial charge in [-0.05, 0) is 54.7 Å². The first-order valence-electron chi connectivity index (χ1n) is 11.6. The molecule has 0 fully saturated rings. The van der Waals surface area contributed by atoms with E-state index < -0.39 is 0 Å². The van der Waals surface area contributed by atoms with Crippen molar-refractivity contribution in [3.05, 3.63) is 69.4 Å². The van der Waals surface area contributed by atoms with Crippen molar-refractivity contribution in [2.75, 3.05) is 11.1 Å². The molecule has 1 atom stereocenters. The summed E-state index contributed by atoms with van der Waals surface area (Å²) in [6.07, 6.45) is 2.24. The minimum absolute atomic E-state index is 0.0955. The van der Waals surface area contributed by atoms with E-state index in [1.807, 2.05) is 37.3 Å². The smallest absolute Gasteiger partial charge is 0.254 e. The second-order valence-corrected chi connectivity index (χ2v) is 12.2. The molecule has 2 N–H and O–H groups in total. The molecule has 0 radical (unpaired) electrons. The Kier molecular flexibility index (Phi) is 6.87. The monoisotopic (exact) mass is 480 g/mol. The van der Waals surface area contributed by atoms with E-state index in [9.17, 15) is 9.59 Å². The highest BCUT2D eigenvalue weighted by Crippen LogP contribution is 2.50. The fourth-order valence-electron chi connectivity index (χ4n) is 4.83. The third-order valence-corrected chi connectivity index (χ3v) is 8.71. The molecule has 2 heterocycles. The molecule has 33 heavy (non-hydrogen) atoms. The third kappa shape index (κ3) is 4.82. The van der Waals surface area contributed by atoms with Crippen molar-refractivity contribution in [1.82, 2.24) is 5.32 Å². The average Bonchev–Trinajstić information content (AvgIpc) is 3.15. The number of benzene rings is 1. The van der Waals surface area contributed by atoms with E-state index in [2.05, 4.69) is 44.4 Å². The number of nitrogens with one attached hydrogen (secondary N) is 2. The standard InChI is InChI=1S/C27H32N2O2S2/c1-6-18-13-19(26(33-18)32-7-2)23-22(25(31)29-17-11-9-8-10-12-17)16(3)28-20-14-27(4,5)15-21(30)24(20)23/h8-13,23,28H,6-7,14-15H2,1-5H3,(H,29,31)/t23-/m0/s1. The second kappa shape index (κ2) is 9.51. The minimum Gasteiger partial charge on any atom is -0.362 e. The Morgan fingerprint density at radius 1 is 1.21 bits per heavy atom. The summed E-state index contributed by atoms with van der Waals surface area (Å²) in [5.74, 6) is 0.590. The van der Waals surface area contributed by atoms with Crippen LogP contribution in [0.3, 0.4) is 0 Å². The summed E-state index contributed by atoms with van der Waals surface area (Å²) >= 11 is 3.59. The van der Waals surface area contributed by atoms with Crippen LogP contribution in [0, 0.1) is 5.41 Å². The zero-order valence-corrected chi connectivity index (χ0v) is 21.6. The molecule has 0 bridgehead atoms. The molecular formula is C27H32N2O2S2. The van der Waals surface area contributed by atoms with Gasteiger partial charge in [-0.25, -0.2) is 0 Å². The van der Waals surface area contributed by atoms with E-state index in [-0.39, 0.29) is 23.0 Å². The lowest BCUT2D eigenvalue weighted by Gasteiger charge is -2.39. The second-order valence-electron chi connectivity index (χ2n) is 9.49. The number of dihydropyridines is 1. The lowest BCUT2D eigenvalue weighted by molar-refractivity contribution is -0.118. The zero-order valence-electron chi connectivity index (χ0n) is 20.0. The van der Waals surface area contributed by atoms with Crippen molar-refractivity contribution in [2.24, 2.45) is 5.41 Å². The fraction of sp³-hybridized carbons (Fsp3) is 0.407. The van der Waals surface area contributed by atoms with E-state index in [1.54, 1.807) is 23.1 Å². The number of hydrogen-bond acceptors (Lipinski definition) is 5. The maximum absolute atomic E-state index is 13.7. The predicted octanol–water partition coefficient (Wildman–Crippen LogP) is 6.67. The lowest BCUT2D eigenvalue weighted by atomic mass is 9.69. The van der Waals surface area contributed by atoms with Gasteiger partial charge in [0.15, 0.2) is 5.78 Å². The highest BCUT2D eigenvalue weighted by molar-refractivity contribution is 8.01. The number of anilines is 1. The number of rotatable bonds is 6. The minimum atomic E-state index is -0.348. The van der Waals surface area contributed by atoms with E-state index in [0.29, 0.717) is 12.0 Å². The number of Topliss-reactive ketones (excluding diaryl/α,β-unsaturated/α-hetero) is 1. The lowest BCUT2D eigenvalue weighted by Crippen LogP contribution is -2.39. The molecule has 174 valence electrons. The first kappa shape index (κ1) is 23.8. The summed E-state index contributed by atoms with van der Waals surface area (Å²) in [4.78, 5) is 28.5. The van der Waals surface area contributed by atoms with Crippen LogP contribution in [0.25, 0.3) is 0 Å². The number of thioether (sulfide) groups is 1. The summed E-state index contributed by atoms with van der Waals surface area (Å²) in [6.45, 7) is 10.5. The summed E-state index contributed by atoms with van der Waals surface area (Å²) in [5, 5.41) is 6.53. The Morgan fingerprint density at radius 3 is 2.61 bits per heavy atom. The average molecular weight is 481 g/mol. The van der Waals surface area contributed by atoms with Crippen LogP contribution < -0.4 is 10.6 Å². The molecule has 1 aromatic heterocycles. The van der Waals surface area contributed by atoms with E-state index in [1.165, 1.54) is 9.09 Å². The van der Waals surface area contributed by atoms with Crippen LogP contribution in [0.5, 0.6) is 0 Å². The molecular weight excluding hydrogens is 448 g/mol. The molecule has 0 unspecified atom stereocenters. The summed E-state index contributed by atoms with van der Waals surface area (Å²) in [5.41, 5.74) is 4.98. The van der Waals surface area contributed by atoms with Gasteiger partial charge in [0.1, 0.15) is 0 Å². The van der Waals surface area contributed by atoms with Crippen LogP contribution in [0.15, 0.2) is 63.1 Å². The fourth-order valence-corrected chi connectivity index (χ4v) is 7.21. The van der Waals surface area contributed by atoms with Gasteiger partial charge in [-0.3, -0.25) is 9.59 Å². The van der Waals surface area contributed by atoms with Crippen LogP contribution in [0.1, 0.15) is 63.8 Å². The van der Waals surface area contributed by atoms with Crippen LogP contribution in [0.4, 0.5) is 5.69 Å². The molecule has 4 rings (SSSR count). The first-order chi connectivity index (χ1) is 15.7. The molecule has 6 heteroatoms. The highest BCUT2D eigenvalue weighted by atomic mass is 32.2. The molecule has 2 aliphatic rings. The van der Waals surface area contributed by atoms with Gasteiger partial charge in [-0.2, -0.15) is 0 Å². The van der Waals surface area contributed by atoms with Gasteiger partial charge in [0.25, 0.3) is 5.91 Å². The van der Waals surface area contributed by atoms with Crippen LogP contribution in [-0.4, -0.2) is 17.4 Å². The molecule has 0 saturated heterocycles. The number of ketones is 1. The topological polar surface area (TPSA) is 58.2 Å². The van der Waals surface area contributed by atoms with Crippen LogP contribution >= 0.6 is 23.1 Å². The van der Waals surface area contributed by atoms with Gasteiger partial charge >= 0.3 is 0 Å². The third-order valence-electron chi connectivity index (χ3n) is 6.23. The molecule has 1 aromatic carbocycles. The Bertz CT molecular complexity index is 1140. The number of allylic oxidation sites excluding steroid dienone is 3. The van der Waals surface area contributed by atoms with Gasteiger partial charge in [0.2, 0.25) is 0 Å². The van der Waals surface area contributed by atoms with Crippen molar-refractivity contribution < 1.29 is 9.59 Å². The van der Waals surface area contributed by atoms with E-state index >= 15 is 0 Å². The number of para-hydroxylation sites is 1. The molecule has 1 aliphatic carbocycles. The first-order valence-corrected chi connectivity index (χ1v) is 13.4. The number of aryl methyl sites for hydroxylation is 1. The Balaban J connectivity index is 1.86. The normalized spacial score (nSPS) is 19.9. The Labute approximate surface area is 204 Å². The number of carbonyl (C=O) groups excluding carboxylic acids is 2. The molecule has 1 aliphatic heterocycles. The Morgan fingerprint density at radius 2 is 1.94 bits per heavy atom. The van der Waals surface area contributed by atoms with Gasteiger partial charge < -0.3 is 10.6 Å². The molecule has 2 aromatic rings. The SMILES string of the molecule is CCSc1sc(CC)cc1[C@H]1C(C(=O)Nc2ccccc2)=C(C)NC2=C1C(=O)CC(C)(C)C2. The number of carbonyl (C=O) groups is 2. The maximum atomic E-state index is 13.7. The van der Waals surface area contributed by atoms with Crippen LogP contribution in [-0.2, 0) is 16.0 Å². The molecule has 4 nitrogen and oxygen atoms in total. The highest BCUT2D eigenvalue weighted by Gasteiger charge is 2.43.